The molecule has 6 nitrogen and oxygen atoms in total. The average molecular weight is 397 g/mol. The first-order chi connectivity index (χ1) is 13.0. The number of alkyl halides is 3. The molecule has 1 aliphatic carbocycles. The minimum Gasteiger partial charge on any atom is -0.340 e. The number of hydrogen-bond acceptors (Lipinski definition) is 3. The summed E-state index contributed by atoms with van der Waals surface area (Å²) in [6, 6.07) is 2.95. The largest absolute Gasteiger partial charge is 0.416 e. The Kier molecular flexibility index (Phi) is 5.12. The second-order valence-electron chi connectivity index (χ2n) is 7.46. The molecule has 3 rings (SSSR count). The molecule has 1 aromatic carbocycles. The van der Waals surface area contributed by atoms with Crippen molar-refractivity contribution in [1.82, 2.24) is 15.1 Å². The molecule has 1 unspecified atom stereocenters. The Balaban J connectivity index is 1.67. The van der Waals surface area contributed by atoms with Gasteiger partial charge in [0, 0.05) is 13.6 Å². The zero-order valence-corrected chi connectivity index (χ0v) is 15.7. The summed E-state index contributed by atoms with van der Waals surface area (Å²) < 4.78 is 37.9. The zero-order chi connectivity index (χ0) is 20.7. The van der Waals surface area contributed by atoms with Crippen molar-refractivity contribution in [3.8, 4) is 0 Å². The number of urea groups is 1. The summed E-state index contributed by atoms with van der Waals surface area (Å²) in [7, 11) is 1.49. The fourth-order valence-corrected chi connectivity index (χ4v) is 3.89. The molecule has 2 fully saturated rings. The third-order valence-electron chi connectivity index (χ3n) is 5.47. The Morgan fingerprint density at radius 1 is 1.21 bits per heavy atom. The highest BCUT2D eigenvalue weighted by Crippen LogP contribution is 2.36. The fourth-order valence-electron chi connectivity index (χ4n) is 3.89. The van der Waals surface area contributed by atoms with E-state index in [4.69, 9.17) is 0 Å². The molecule has 4 amide bonds. The Morgan fingerprint density at radius 2 is 1.79 bits per heavy atom. The Bertz CT molecular complexity index is 786. The zero-order valence-electron chi connectivity index (χ0n) is 15.7. The highest BCUT2D eigenvalue weighted by atomic mass is 19.4. The van der Waals surface area contributed by atoms with E-state index in [1.54, 1.807) is 0 Å². The molecule has 1 aromatic rings. The van der Waals surface area contributed by atoms with Crippen molar-refractivity contribution in [3.05, 3.63) is 35.4 Å². The predicted octanol–water partition coefficient (Wildman–Crippen LogP) is 2.92. The van der Waals surface area contributed by atoms with Gasteiger partial charge in [0.2, 0.25) is 5.91 Å². The van der Waals surface area contributed by atoms with Crippen LogP contribution in [0.4, 0.5) is 18.0 Å². The van der Waals surface area contributed by atoms with Gasteiger partial charge in [0.25, 0.3) is 5.91 Å². The van der Waals surface area contributed by atoms with Crippen molar-refractivity contribution in [1.29, 1.82) is 0 Å². The third-order valence-corrected chi connectivity index (χ3v) is 5.47. The van der Waals surface area contributed by atoms with Gasteiger partial charge in [-0.15, -0.1) is 0 Å². The van der Waals surface area contributed by atoms with E-state index in [1.165, 1.54) is 31.0 Å². The fraction of sp³-hybridized carbons (Fsp3) is 0.526. The molecule has 2 aliphatic rings. The molecule has 1 saturated heterocycles. The summed E-state index contributed by atoms with van der Waals surface area (Å²) in [6.45, 7) is 1.55. The number of carbonyl (C=O) groups is 3. The molecule has 1 atom stereocenters. The molecule has 1 saturated carbocycles. The number of likely N-dealkylation sites (N-methyl/N-ethyl adjacent to an activating group) is 1. The minimum atomic E-state index is -4.42. The van der Waals surface area contributed by atoms with Gasteiger partial charge in [-0.1, -0.05) is 25.0 Å². The van der Waals surface area contributed by atoms with Crippen LogP contribution in [0, 0.1) is 0 Å². The molecule has 1 N–H and O–H groups in total. The van der Waals surface area contributed by atoms with Gasteiger partial charge in [0.1, 0.15) is 11.6 Å². The summed E-state index contributed by atoms with van der Waals surface area (Å²) >= 11 is 0. The Labute approximate surface area is 160 Å². The number of hydrogen-bond donors (Lipinski definition) is 1. The molecule has 0 radical (unpaired) electrons. The van der Waals surface area contributed by atoms with Gasteiger partial charge in [-0.3, -0.25) is 9.59 Å². The second kappa shape index (κ2) is 7.10. The summed E-state index contributed by atoms with van der Waals surface area (Å²) in [6.07, 6.45) is -1.60. The molecule has 28 heavy (non-hydrogen) atoms. The molecule has 1 heterocycles. The number of imide groups is 1. The lowest BCUT2D eigenvalue weighted by molar-refractivity contribution is -0.142. The molecule has 0 bridgehead atoms. The normalized spacial score (nSPS) is 19.8. The number of rotatable bonds is 4. The third kappa shape index (κ3) is 3.57. The van der Waals surface area contributed by atoms with Gasteiger partial charge >= 0.3 is 12.2 Å². The van der Waals surface area contributed by atoms with Crippen LogP contribution >= 0.6 is 0 Å². The molecule has 1 spiro atoms. The van der Waals surface area contributed by atoms with E-state index in [2.05, 4.69) is 5.32 Å². The monoisotopic (exact) mass is 397 g/mol. The van der Waals surface area contributed by atoms with Gasteiger partial charge in [0.05, 0.1) is 5.56 Å². The van der Waals surface area contributed by atoms with Crippen LogP contribution in [-0.4, -0.2) is 46.3 Å². The first kappa shape index (κ1) is 20.2. The van der Waals surface area contributed by atoms with Crippen LogP contribution in [0.25, 0.3) is 0 Å². The summed E-state index contributed by atoms with van der Waals surface area (Å²) in [4.78, 5) is 40.1. The van der Waals surface area contributed by atoms with Gasteiger partial charge in [0.15, 0.2) is 0 Å². The van der Waals surface area contributed by atoms with Gasteiger partial charge in [-0.25, -0.2) is 9.69 Å². The van der Waals surface area contributed by atoms with E-state index in [1.807, 2.05) is 0 Å². The van der Waals surface area contributed by atoms with Crippen LogP contribution in [0.15, 0.2) is 24.3 Å². The van der Waals surface area contributed by atoms with Crippen molar-refractivity contribution in [2.45, 2.75) is 56.9 Å². The van der Waals surface area contributed by atoms with Gasteiger partial charge in [-0.05, 0) is 37.5 Å². The van der Waals surface area contributed by atoms with E-state index in [9.17, 15) is 27.6 Å². The molecule has 1 aliphatic heterocycles. The molecular weight excluding hydrogens is 375 g/mol. The van der Waals surface area contributed by atoms with Crippen molar-refractivity contribution >= 4 is 17.8 Å². The van der Waals surface area contributed by atoms with Gasteiger partial charge < -0.3 is 10.2 Å². The van der Waals surface area contributed by atoms with Crippen molar-refractivity contribution < 1.29 is 27.6 Å². The van der Waals surface area contributed by atoms with Crippen LogP contribution in [0.2, 0.25) is 0 Å². The van der Waals surface area contributed by atoms with E-state index in [0.29, 0.717) is 18.4 Å². The first-order valence-electron chi connectivity index (χ1n) is 9.12. The smallest absolute Gasteiger partial charge is 0.340 e. The number of amides is 4. The second-order valence-corrected chi connectivity index (χ2v) is 7.46. The number of carbonyl (C=O) groups excluding carboxylic acids is 3. The van der Waals surface area contributed by atoms with E-state index in [-0.39, 0.29) is 12.5 Å². The summed E-state index contributed by atoms with van der Waals surface area (Å²) in [5, 5.41) is 2.73. The lowest BCUT2D eigenvalue weighted by atomic mass is 9.97. The highest BCUT2D eigenvalue weighted by Gasteiger charge is 2.54. The maximum Gasteiger partial charge on any atom is 0.416 e. The highest BCUT2D eigenvalue weighted by molar-refractivity contribution is 6.09. The van der Waals surface area contributed by atoms with Crippen molar-refractivity contribution in [2.75, 3.05) is 7.05 Å². The summed E-state index contributed by atoms with van der Waals surface area (Å²) in [5.41, 5.74) is -1.14. The predicted molar refractivity (Wildman–Crippen MR) is 94.0 cm³/mol. The van der Waals surface area contributed by atoms with Crippen LogP contribution < -0.4 is 5.32 Å². The number of nitrogens with one attached hydrogen (secondary N) is 1. The lowest BCUT2D eigenvalue weighted by Gasteiger charge is -2.27. The maximum atomic E-state index is 12.8. The number of nitrogens with zero attached hydrogens (tertiary/aromatic N) is 2. The van der Waals surface area contributed by atoms with Crippen molar-refractivity contribution in [3.63, 3.8) is 0 Å². The average Bonchev–Trinajstić information content (AvgIpc) is 3.19. The minimum absolute atomic E-state index is 0.0656. The van der Waals surface area contributed by atoms with Crippen LogP contribution in [-0.2, 0) is 22.3 Å². The van der Waals surface area contributed by atoms with Crippen molar-refractivity contribution in [2.24, 2.45) is 0 Å². The van der Waals surface area contributed by atoms with Gasteiger partial charge in [-0.2, -0.15) is 13.2 Å². The molecule has 0 aromatic heterocycles. The molecule has 152 valence electrons. The SMILES string of the molecule is CC(C(=O)N(C)Cc1ccc(C(F)(F)F)cc1)N1C(=O)NC2(CCCC2)C1=O. The van der Waals surface area contributed by atoms with Crippen LogP contribution in [0.5, 0.6) is 0 Å². The maximum absolute atomic E-state index is 12.8. The summed E-state index contributed by atoms with van der Waals surface area (Å²) in [5.74, 6) is -0.836. The molecule has 9 heteroatoms. The number of halogens is 3. The van der Waals surface area contributed by atoms with E-state index >= 15 is 0 Å². The molecular formula is C19H22F3N3O3. The van der Waals surface area contributed by atoms with E-state index < -0.39 is 35.3 Å². The van der Waals surface area contributed by atoms with Crippen LogP contribution in [0.3, 0.4) is 0 Å². The topological polar surface area (TPSA) is 69.7 Å². The van der Waals surface area contributed by atoms with E-state index in [0.717, 1.165) is 29.9 Å². The standard InChI is InChI=1S/C19H22F3N3O3/c1-12(25-16(27)18(23-17(25)28)9-3-4-10-18)15(26)24(2)11-13-5-7-14(8-6-13)19(20,21)22/h5-8,12H,3-4,9-11H2,1-2H3,(H,23,28). The quantitative estimate of drug-likeness (QED) is 0.795. The Morgan fingerprint density at radius 3 is 2.32 bits per heavy atom. The lowest BCUT2D eigenvalue weighted by Crippen LogP contribution is -2.50. The van der Waals surface area contributed by atoms with Crippen LogP contribution in [0.1, 0.15) is 43.7 Å². The Hall–Kier alpha value is -2.58. The number of benzene rings is 1. The first-order valence-corrected chi connectivity index (χ1v) is 9.12.